The minimum atomic E-state index is -0.311. The maximum atomic E-state index is 12.4. The zero-order valence-electron chi connectivity index (χ0n) is 13.4. The molecule has 23 heavy (non-hydrogen) atoms. The van der Waals surface area contributed by atoms with Gasteiger partial charge < -0.3 is 4.57 Å². The molecule has 3 aromatic rings. The highest BCUT2D eigenvalue weighted by Crippen LogP contribution is 2.21. The van der Waals surface area contributed by atoms with Crippen LogP contribution in [0.1, 0.15) is 36.1 Å². The first-order chi connectivity index (χ1) is 10.9. The average molecular weight is 393 g/mol. The second kappa shape index (κ2) is 6.05. The van der Waals surface area contributed by atoms with E-state index in [9.17, 15) is 4.79 Å². The summed E-state index contributed by atoms with van der Waals surface area (Å²) in [7, 11) is 1.91. The van der Waals surface area contributed by atoms with Crippen LogP contribution in [0, 0.1) is 6.92 Å². The molecule has 0 radical (unpaired) electrons. The maximum absolute atomic E-state index is 12.4. The lowest BCUT2D eigenvalue weighted by atomic mass is 10.3. The van der Waals surface area contributed by atoms with Gasteiger partial charge in [0.2, 0.25) is 0 Å². The molecule has 0 aliphatic rings. The summed E-state index contributed by atoms with van der Waals surface area (Å²) in [6, 6.07) is 8.02. The minimum Gasteiger partial charge on any atom is -0.319 e. The Labute approximate surface area is 146 Å². The number of carbonyl (C=O) groups excluding carboxylic acids is 1. The number of aromatic nitrogens is 3. The third-order valence-electron chi connectivity index (χ3n) is 3.60. The fraction of sp³-hybridized carbons (Fsp3) is 0.312. The number of thiazole rings is 1. The van der Waals surface area contributed by atoms with Gasteiger partial charge in [0.15, 0.2) is 10.5 Å². The van der Waals surface area contributed by atoms with Crippen molar-refractivity contribution in [2.75, 3.05) is 0 Å². The van der Waals surface area contributed by atoms with Gasteiger partial charge in [0.25, 0.3) is 5.91 Å². The molecule has 0 fully saturated rings. The summed E-state index contributed by atoms with van der Waals surface area (Å²) >= 11 is 4.95. The Balaban J connectivity index is 2.06. The van der Waals surface area contributed by atoms with Gasteiger partial charge in [-0.2, -0.15) is 10.1 Å². The van der Waals surface area contributed by atoms with E-state index < -0.39 is 0 Å². The Morgan fingerprint density at radius 3 is 2.74 bits per heavy atom. The molecule has 0 N–H and O–H groups in total. The molecule has 2 aromatic heterocycles. The summed E-state index contributed by atoms with van der Waals surface area (Å²) in [5, 5.41) is 4.36. The van der Waals surface area contributed by atoms with Gasteiger partial charge >= 0.3 is 0 Å². The van der Waals surface area contributed by atoms with Gasteiger partial charge in [0, 0.05) is 23.3 Å². The molecule has 0 bridgehead atoms. The number of hydrogen-bond acceptors (Lipinski definition) is 3. The zero-order valence-corrected chi connectivity index (χ0v) is 15.8. The third-order valence-corrected chi connectivity index (χ3v) is 5.19. The van der Waals surface area contributed by atoms with Crippen LogP contribution in [0.3, 0.4) is 0 Å². The molecule has 1 aromatic carbocycles. The molecule has 0 saturated carbocycles. The highest BCUT2D eigenvalue weighted by molar-refractivity contribution is 9.10. The fourth-order valence-electron chi connectivity index (χ4n) is 2.47. The van der Waals surface area contributed by atoms with Gasteiger partial charge in [-0.25, -0.2) is 0 Å². The number of nitrogens with zero attached hydrogens (tertiary/aromatic N) is 4. The lowest BCUT2D eigenvalue weighted by Gasteiger charge is -2.06. The highest BCUT2D eigenvalue weighted by atomic mass is 79.9. The van der Waals surface area contributed by atoms with E-state index in [-0.39, 0.29) is 11.9 Å². The Bertz CT molecular complexity index is 964. The largest absolute Gasteiger partial charge is 0.319 e. The molecule has 0 spiro atoms. The standard InChI is InChI=1S/C16H17BrN4OS/c1-9(2)21-10(3)7-12(19-21)15(22)18-16-20(4)13-6-5-11(17)8-14(13)23-16/h5-9H,1-4H3. The summed E-state index contributed by atoms with van der Waals surface area (Å²) in [6.07, 6.45) is 0. The van der Waals surface area contributed by atoms with Gasteiger partial charge in [0.1, 0.15) is 0 Å². The number of amides is 1. The van der Waals surface area contributed by atoms with E-state index in [1.54, 1.807) is 6.07 Å². The summed E-state index contributed by atoms with van der Waals surface area (Å²) in [4.78, 5) is 17.4. The van der Waals surface area contributed by atoms with E-state index in [0.717, 1.165) is 20.4 Å². The Morgan fingerprint density at radius 1 is 1.35 bits per heavy atom. The van der Waals surface area contributed by atoms with Crippen molar-refractivity contribution < 1.29 is 4.79 Å². The molecule has 0 aliphatic carbocycles. The third kappa shape index (κ3) is 3.03. The summed E-state index contributed by atoms with van der Waals surface area (Å²) in [6.45, 7) is 6.02. The number of hydrogen-bond donors (Lipinski definition) is 0. The van der Waals surface area contributed by atoms with Gasteiger partial charge in [-0.3, -0.25) is 9.48 Å². The quantitative estimate of drug-likeness (QED) is 0.665. The van der Waals surface area contributed by atoms with E-state index in [2.05, 4.69) is 26.0 Å². The SMILES string of the molecule is Cc1cc(C(=O)N=c2sc3cc(Br)ccc3n2C)nn1C(C)C. The second-order valence-electron chi connectivity index (χ2n) is 5.68. The van der Waals surface area contributed by atoms with Crippen molar-refractivity contribution in [2.45, 2.75) is 26.8 Å². The fourth-order valence-corrected chi connectivity index (χ4v) is 4.04. The molecule has 2 heterocycles. The molecular weight excluding hydrogens is 376 g/mol. The van der Waals surface area contributed by atoms with Crippen LogP contribution in [0.15, 0.2) is 33.7 Å². The smallest absolute Gasteiger partial charge is 0.300 e. The number of benzene rings is 1. The van der Waals surface area contributed by atoms with E-state index in [1.807, 2.05) is 55.3 Å². The Kier molecular flexibility index (Phi) is 4.25. The van der Waals surface area contributed by atoms with Crippen LogP contribution in [-0.4, -0.2) is 20.3 Å². The minimum absolute atomic E-state index is 0.217. The molecule has 0 atom stereocenters. The molecule has 0 saturated heterocycles. The van der Waals surface area contributed by atoms with Crippen LogP contribution in [0.4, 0.5) is 0 Å². The highest BCUT2D eigenvalue weighted by Gasteiger charge is 2.14. The molecule has 3 rings (SSSR count). The normalized spacial score (nSPS) is 12.5. The van der Waals surface area contributed by atoms with Gasteiger partial charge in [-0.15, -0.1) is 0 Å². The number of aryl methyl sites for hydroxylation is 2. The second-order valence-corrected chi connectivity index (χ2v) is 7.61. The first kappa shape index (κ1) is 16.1. The van der Waals surface area contributed by atoms with Crippen molar-refractivity contribution in [3.8, 4) is 0 Å². The molecule has 7 heteroatoms. The van der Waals surface area contributed by atoms with Crippen LogP contribution < -0.4 is 4.80 Å². The zero-order chi connectivity index (χ0) is 16.7. The Hall–Kier alpha value is -1.73. The van der Waals surface area contributed by atoms with Crippen LogP contribution in [0.2, 0.25) is 0 Å². The topological polar surface area (TPSA) is 52.2 Å². The van der Waals surface area contributed by atoms with E-state index in [4.69, 9.17) is 0 Å². The van der Waals surface area contributed by atoms with Crippen molar-refractivity contribution in [3.63, 3.8) is 0 Å². The van der Waals surface area contributed by atoms with Crippen LogP contribution >= 0.6 is 27.3 Å². The first-order valence-corrected chi connectivity index (χ1v) is 8.88. The maximum Gasteiger partial charge on any atom is 0.300 e. The molecule has 1 amide bonds. The number of carbonyl (C=O) groups is 1. The van der Waals surface area contributed by atoms with E-state index in [1.165, 1.54) is 11.3 Å². The summed E-state index contributed by atoms with van der Waals surface area (Å²) < 4.78 is 5.86. The van der Waals surface area contributed by atoms with Gasteiger partial charge in [0.05, 0.1) is 10.2 Å². The lowest BCUT2D eigenvalue weighted by molar-refractivity contribution is 0.0992. The predicted molar refractivity (Wildman–Crippen MR) is 95.7 cm³/mol. The van der Waals surface area contributed by atoms with Crippen molar-refractivity contribution in [1.29, 1.82) is 0 Å². The Morgan fingerprint density at radius 2 is 2.09 bits per heavy atom. The van der Waals surface area contributed by atoms with Crippen molar-refractivity contribution >= 4 is 43.4 Å². The summed E-state index contributed by atoms with van der Waals surface area (Å²) in [5.41, 5.74) is 2.40. The lowest BCUT2D eigenvalue weighted by Crippen LogP contribution is -2.14. The molecule has 0 aliphatic heterocycles. The van der Waals surface area contributed by atoms with Gasteiger partial charge in [-0.05, 0) is 45.0 Å². The van der Waals surface area contributed by atoms with Crippen LogP contribution in [-0.2, 0) is 7.05 Å². The first-order valence-electron chi connectivity index (χ1n) is 7.27. The molecule has 0 unspecified atom stereocenters. The van der Waals surface area contributed by atoms with E-state index in [0.29, 0.717) is 10.5 Å². The molecule has 120 valence electrons. The van der Waals surface area contributed by atoms with E-state index >= 15 is 0 Å². The van der Waals surface area contributed by atoms with Crippen molar-refractivity contribution in [3.05, 3.63) is 44.9 Å². The summed E-state index contributed by atoms with van der Waals surface area (Å²) in [5.74, 6) is -0.311. The number of halogens is 1. The van der Waals surface area contributed by atoms with Gasteiger partial charge in [-0.1, -0.05) is 27.3 Å². The molecular formula is C16H17BrN4OS. The van der Waals surface area contributed by atoms with Crippen molar-refractivity contribution in [1.82, 2.24) is 14.3 Å². The predicted octanol–water partition coefficient (Wildman–Crippen LogP) is 3.83. The van der Waals surface area contributed by atoms with Crippen molar-refractivity contribution in [2.24, 2.45) is 12.0 Å². The number of rotatable bonds is 2. The monoisotopic (exact) mass is 392 g/mol. The van der Waals surface area contributed by atoms with Crippen LogP contribution in [0.5, 0.6) is 0 Å². The van der Waals surface area contributed by atoms with Crippen LogP contribution in [0.25, 0.3) is 10.2 Å². The molecule has 5 nitrogen and oxygen atoms in total. The average Bonchev–Trinajstić information content (AvgIpc) is 3.00. The number of fused-ring (bicyclic) bond motifs is 1.